The molecule has 3 aromatic rings. The molecule has 2 N–H and O–H groups in total. The predicted molar refractivity (Wildman–Crippen MR) is 116 cm³/mol. The van der Waals surface area contributed by atoms with E-state index in [9.17, 15) is 8.42 Å². The van der Waals surface area contributed by atoms with E-state index in [0.29, 0.717) is 25.0 Å². The lowest BCUT2D eigenvalue weighted by molar-refractivity contribution is 0.414. The van der Waals surface area contributed by atoms with Gasteiger partial charge in [0.2, 0.25) is 10.0 Å². The zero-order valence-electron chi connectivity index (χ0n) is 16.6. The van der Waals surface area contributed by atoms with Gasteiger partial charge in [0.15, 0.2) is 0 Å². The van der Waals surface area contributed by atoms with Crippen LogP contribution in [0.25, 0.3) is 16.8 Å². The first kappa shape index (κ1) is 21.0. The molecule has 0 radical (unpaired) electrons. The predicted octanol–water partition coefficient (Wildman–Crippen LogP) is 3.21. The van der Waals surface area contributed by atoms with Gasteiger partial charge in [-0.3, -0.25) is 4.98 Å². The van der Waals surface area contributed by atoms with Crippen molar-refractivity contribution >= 4 is 26.9 Å². The summed E-state index contributed by atoms with van der Waals surface area (Å²) in [5.41, 5.74) is 2.14. The highest BCUT2D eigenvalue weighted by atomic mass is 32.2. The molecule has 1 aromatic heterocycles. The average Bonchev–Trinajstić information content (AvgIpc) is 2.73. The third-order valence-electron chi connectivity index (χ3n) is 4.47. The molecule has 3 rings (SSSR count). The van der Waals surface area contributed by atoms with E-state index >= 15 is 0 Å². The Kier molecular flexibility index (Phi) is 6.98. The van der Waals surface area contributed by atoms with E-state index < -0.39 is 10.0 Å². The van der Waals surface area contributed by atoms with E-state index in [4.69, 9.17) is 4.74 Å². The number of fused-ring (bicyclic) bond motifs is 1. The van der Waals surface area contributed by atoms with Crippen molar-refractivity contribution in [3.8, 4) is 5.75 Å². The molecule has 0 aliphatic carbocycles. The summed E-state index contributed by atoms with van der Waals surface area (Å²) in [5.74, 6) is 0.824. The fourth-order valence-corrected chi connectivity index (χ4v) is 4.33. The van der Waals surface area contributed by atoms with Gasteiger partial charge < -0.3 is 10.1 Å². The third kappa shape index (κ3) is 5.41. The average molecular weight is 412 g/mol. The summed E-state index contributed by atoms with van der Waals surface area (Å²) in [7, 11) is -1.94. The van der Waals surface area contributed by atoms with Crippen LogP contribution in [-0.2, 0) is 10.0 Å². The normalized spacial score (nSPS) is 12.3. The van der Waals surface area contributed by atoms with Crippen molar-refractivity contribution in [1.29, 1.82) is 0 Å². The summed E-state index contributed by atoms with van der Waals surface area (Å²) in [5, 5.41) is 4.72. The van der Waals surface area contributed by atoms with E-state index in [0.717, 1.165) is 22.3 Å². The van der Waals surface area contributed by atoms with Crippen LogP contribution in [0, 0.1) is 0 Å². The van der Waals surface area contributed by atoms with Crippen molar-refractivity contribution in [2.45, 2.75) is 11.8 Å². The van der Waals surface area contributed by atoms with Crippen LogP contribution < -0.4 is 14.8 Å². The fraction of sp³-hybridized carbons (Fsp3) is 0.227. The molecule has 0 amide bonds. The van der Waals surface area contributed by atoms with Crippen molar-refractivity contribution in [1.82, 2.24) is 15.0 Å². The number of nitrogens with one attached hydrogen (secondary N) is 2. The highest BCUT2D eigenvalue weighted by Crippen LogP contribution is 2.22. The lowest BCUT2D eigenvalue weighted by Crippen LogP contribution is -2.32. The van der Waals surface area contributed by atoms with E-state index in [1.54, 1.807) is 37.7 Å². The van der Waals surface area contributed by atoms with Crippen LogP contribution in [0.4, 0.5) is 0 Å². The van der Waals surface area contributed by atoms with Crippen LogP contribution >= 0.6 is 0 Å². The highest BCUT2D eigenvalue weighted by Gasteiger charge is 2.16. The number of ether oxygens (including phenoxy) is 1. The van der Waals surface area contributed by atoms with Crippen LogP contribution in [0.15, 0.2) is 71.4 Å². The van der Waals surface area contributed by atoms with Crippen molar-refractivity contribution in [2.75, 3.05) is 26.7 Å². The molecule has 0 fully saturated rings. The Labute approximate surface area is 171 Å². The lowest BCUT2D eigenvalue weighted by Gasteiger charge is -2.10. The molecule has 2 aromatic carbocycles. The maximum atomic E-state index is 12.7. The molecule has 6 nitrogen and oxygen atoms in total. The van der Waals surface area contributed by atoms with Gasteiger partial charge in [-0.1, -0.05) is 42.0 Å². The number of hydrogen-bond acceptors (Lipinski definition) is 5. The number of pyridine rings is 1. The van der Waals surface area contributed by atoms with Crippen LogP contribution in [-0.4, -0.2) is 40.1 Å². The van der Waals surface area contributed by atoms with Crippen molar-refractivity contribution in [3.63, 3.8) is 0 Å². The number of aromatic nitrogens is 1. The van der Waals surface area contributed by atoms with Crippen LogP contribution in [0.5, 0.6) is 5.75 Å². The Hall–Kier alpha value is -2.74. The molecule has 7 heteroatoms. The largest absolute Gasteiger partial charge is 0.496 e. The van der Waals surface area contributed by atoms with Gasteiger partial charge in [0.1, 0.15) is 5.75 Å². The van der Waals surface area contributed by atoms with Gasteiger partial charge in [-0.25, -0.2) is 13.1 Å². The molecular weight excluding hydrogens is 386 g/mol. The molecule has 1 heterocycles. The number of benzene rings is 2. The van der Waals surface area contributed by atoms with Crippen molar-refractivity contribution in [3.05, 3.63) is 72.1 Å². The number of nitrogens with zero attached hydrogens (tertiary/aromatic N) is 1. The fourth-order valence-electron chi connectivity index (χ4n) is 3.07. The van der Waals surface area contributed by atoms with E-state index in [2.05, 4.69) is 21.1 Å². The number of methoxy groups -OCH3 is 1. The van der Waals surface area contributed by atoms with Gasteiger partial charge in [-0.05, 0) is 25.1 Å². The molecule has 152 valence electrons. The molecule has 0 atom stereocenters. The maximum Gasteiger partial charge on any atom is 0.241 e. The molecule has 0 unspecified atom stereocenters. The van der Waals surface area contributed by atoms with Gasteiger partial charge in [-0.15, -0.1) is 0 Å². The molecule has 0 aliphatic heterocycles. The number of hydrogen-bond donors (Lipinski definition) is 2. The third-order valence-corrected chi connectivity index (χ3v) is 5.99. The van der Waals surface area contributed by atoms with Crippen LogP contribution in [0.2, 0.25) is 0 Å². The number of sulfonamides is 1. The van der Waals surface area contributed by atoms with Crippen molar-refractivity contribution < 1.29 is 13.2 Å². The summed E-state index contributed by atoms with van der Waals surface area (Å²) >= 11 is 0. The summed E-state index contributed by atoms with van der Waals surface area (Å²) in [6.07, 6.45) is 5.31. The summed E-state index contributed by atoms with van der Waals surface area (Å²) in [6.45, 7) is 3.49. The lowest BCUT2D eigenvalue weighted by atomic mass is 10.1. The maximum absolute atomic E-state index is 12.7. The molecule has 29 heavy (non-hydrogen) atoms. The van der Waals surface area contributed by atoms with Gasteiger partial charge >= 0.3 is 0 Å². The topological polar surface area (TPSA) is 80.3 Å². The van der Waals surface area contributed by atoms with Gasteiger partial charge in [-0.2, -0.15) is 0 Å². The van der Waals surface area contributed by atoms with E-state index in [-0.39, 0.29) is 4.90 Å². The SMILES string of the molecule is COc1ccccc1/C=C(\C)CNCCNS(=O)(=O)c1cccc2cnccc12. The first-order chi connectivity index (χ1) is 14.0. The Bertz CT molecular complexity index is 1110. The highest BCUT2D eigenvalue weighted by molar-refractivity contribution is 7.89. The molecule has 0 bridgehead atoms. The minimum absolute atomic E-state index is 0.268. The second kappa shape index (κ2) is 9.65. The summed E-state index contributed by atoms with van der Waals surface area (Å²) in [4.78, 5) is 4.31. The monoisotopic (exact) mass is 411 g/mol. The number of para-hydroxylation sites is 1. The van der Waals surface area contributed by atoms with E-state index in [1.165, 1.54) is 0 Å². The minimum Gasteiger partial charge on any atom is -0.496 e. The first-order valence-corrected chi connectivity index (χ1v) is 10.8. The van der Waals surface area contributed by atoms with Gasteiger partial charge in [0.25, 0.3) is 0 Å². The molecule has 0 aliphatic rings. The molecule has 0 saturated carbocycles. The van der Waals surface area contributed by atoms with Crippen LogP contribution in [0.3, 0.4) is 0 Å². The first-order valence-electron chi connectivity index (χ1n) is 9.34. The Morgan fingerprint density at radius 2 is 1.93 bits per heavy atom. The van der Waals surface area contributed by atoms with Crippen LogP contribution in [0.1, 0.15) is 12.5 Å². The zero-order valence-corrected chi connectivity index (χ0v) is 17.4. The second-order valence-corrected chi connectivity index (χ2v) is 8.40. The Morgan fingerprint density at radius 1 is 1.10 bits per heavy atom. The minimum atomic E-state index is -3.59. The standard InChI is InChI=1S/C22H25N3O3S/c1-17(14-18-6-3-4-8-21(18)28-2)15-24-12-13-25-29(26,27)22-9-5-7-19-16-23-11-10-20(19)22/h3-11,14,16,24-25H,12-13,15H2,1-2H3/b17-14+. The molecule has 0 saturated heterocycles. The molecule has 0 spiro atoms. The van der Waals surface area contributed by atoms with E-state index in [1.807, 2.05) is 37.3 Å². The quantitative estimate of drug-likeness (QED) is 0.529. The Morgan fingerprint density at radius 3 is 2.76 bits per heavy atom. The Balaban J connectivity index is 1.54. The second-order valence-electron chi connectivity index (χ2n) is 6.66. The van der Waals surface area contributed by atoms with Crippen molar-refractivity contribution in [2.24, 2.45) is 0 Å². The summed E-state index contributed by atoms with van der Waals surface area (Å²) in [6, 6.07) is 14.7. The number of rotatable bonds is 9. The summed E-state index contributed by atoms with van der Waals surface area (Å²) < 4.78 is 33.4. The smallest absolute Gasteiger partial charge is 0.241 e. The van der Waals surface area contributed by atoms with Gasteiger partial charge in [0, 0.05) is 48.4 Å². The van der Waals surface area contributed by atoms with Gasteiger partial charge in [0.05, 0.1) is 12.0 Å². The zero-order chi connectivity index (χ0) is 20.7. The molecular formula is C22H25N3O3S.